The van der Waals surface area contributed by atoms with Crippen molar-refractivity contribution in [2.24, 2.45) is 0 Å². The highest BCUT2D eigenvalue weighted by atomic mass is 79.9. The fraction of sp³-hybridized carbons (Fsp3) is 0.138. The van der Waals surface area contributed by atoms with Crippen molar-refractivity contribution >= 4 is 61.5 Å². The number of urea groups is 1. The van der Waals surface area contributed by atoms with Gasteiger partial charge >= 0.3 is 6.03 Å². The molecule has 1 aliphatic heterocycles. The van der Waals surface area contributed by atoms with Crippen LogP contribution in [0, 0.1) is 0 Å². The average molecular weight is 640 g/mol. The Morgan fingerprint density at radius 1 is 0.974 bits per heavy atom. The molecule has 0 spiro atoms. The van der Waals surface area contributed by atoms with Gasteiger partial charge in [0.25, 0.3) is 11.8 Å². The van der Waals surface area contributed by atoms with Crippen molar-refractivity contribution < 1.29 is 23.9 Å². The molecule has 0 saturated carbocycles. The fourth-order valence-corrected chi connectivity index (χ4v) is 4.61. The van der Waals surface area contributed by atoms with Gasteiger partial charge in [0.2, 0.25) is 0 Å². The summed E-state index contributed by atoms with van der Waals surface area (Å²) in [7, 11) is 0. The molecule has 3 aromatic carbocycles. The maximum Gasteiger partial charge on any atom is 0.335 e. The second-order valence-corrected chi connectivity index (χ2v) is 10.1. The first kappa shape index (κ1) is 27.3. The van der Waals surface area contributed by atoms with Crippen LogP contribution < -0.4 is 19.7 Å². The molecular weight excluding hydrogens is 616 g/mol. The van der Waals surface area contributed by atoms with E-state index in [1.54, 1.807) is 36.4 Å². The van der Waals surface area contributed by atoms with Gasteiger partial charge in [-0.25, -0.2) is 9.69 Å². The normalized spacial score (nSPS) is 14.4. The molecule has 1 heterocycles. The smallest absolute Gasteiger partial charge is 0.335 e. The first-order valence-electron chi connectivity index (χ1n) is 11.8. The Hall–Kier alpha value is -3.69. The van der Waals surface area contributed by atoms with Crippen LogP contribution in [-0.2, 0) is 22.6 Å². The lowest BCUT2D eigenvalue weighted by Gasteiger charge is -2.26. The molecule has 194 valence electrons. The van der Waals surface area contributed by atoms with Crippen molar-refractivity contribution in [3.8, 4) is 11.5 Å². The summed E-state index contributed by atoms with van der Waals surface area (Å²) in [6, 6.07) is 17.0. The van der Waals surface area contributed by atoms with E-state index in [4.69, 9.17) is 9.47 Å². The van der Waals surface area contributed by atoms with Gasteiger partial charge in [-0.2, -0.15) is 0 Å². The van der Waals surface area contributed by atoms with E-state index >= 15 is 0 Å². The lowest BCUT2D eigenvalue weighted by Crippen LogP contribution is -2.54. The minimum Gasteiger partial charge on any atom is -0.493 e. The number of benzene rings is 3. The molecule has 1 N–H and O–H groups in total. The third-order valence-electron chi connectivity index (χ3n) is 5.66. The van der Waals surface area contributed by atoms with E-state index in [0.29, 0.717) is 40.3 Å². The number of ether oxygens (including phenoxy) is 2. The van der Waals surface area contributed by atoms with Crippen LogP contribution in [0.25, 0.3) is 6.08 Å². The van der Waals surface area contributed by atoms with Gasteiger partial charge in [-0.1, -0.05) is 50.1 Å². The number of hydrogen-bond donors (Lipinski definition) is 1. The molecule has 0 atom stereocenters. The second kappa shape index (κ2) is 12.2. The first-order valence-corrected chi connectivity index (χ1v) is 13.3. The summed E-state index contributed by atoms with van der Waals surface area (Å²) in [6.45, 7) is 6.39. The van der Waals surface area contributed by atoms with E-state index in [0.717, 1.165) is 20.5 Å². The van der Waals surface area contributed by atoms with Crippen molar-refractivity contribution in [3.05, 3.63) is 105 Å². The highest BCUT2D eigenvalue weighted by Gasteiger charge is 2.37. The zero-order valence-corrected chi connectivity index (χ0v) is 23.7. The van der Waals surface area contributed by atoms with E-state index in [2.05, 4.69) is 43.8 Å². The lowest BCUT2D eigenvalue weighted by molar-refractivity contribution is -0.122. The minimum absolute atomic E-state index is 0.171. The molecular formula is C29H24Br2N2O5. The average Bonchev–Trinajstić information content (AvgIpc) is 2.87. The molecule has 3 aromatic rings. The fourth-order valence-electron chi connectivity index (χ4n) is 3.96. The van der Waals surface area contributed by atoms with Gasteiger partial charge in [0.05, 0.1) is 12.3 Å². The van der Waals surface area contributed by atoms with E-state index in [-0.39, 0.29) is 12.2 Å². The van der Waals surface area contributed by atoms with E-state index in [9.17, 15) is 14.4 Å². The minimum atomic E-state index is -0.807. The van der Waals surface area contributed by atoms with Gasteiger partial charge in [-0.3, -0.25) is 14.9 Å². The lowest BCUT2D eigenvalue weighted by atomic mass is 9.98. The number of amides is 4. The molecule has 0 radical (unpaired) electrons. The van der Waals surface area contributed by atoms with Crippen molar-refractivity contribution in [1.82, 2.24) is 5.32 Å². The number of carbonyl (C=O) groups is 3. The molecule has 38 heavy (non-hydrogen) atoms. The zero-order valence-electron chi connectivity index (χ0n) is 20.5. The number of nitrogens with one attached hydrogen (secondary N) is 1. The van der Waals surface area contributed by atoms with Crippen LogP contribution >= 0.6 is 31.9 Å². The van der Waals surface area contributed by atoms with Crippen molar-refractivity contribution in [2.75, 3.05) is 11.5 Å². The number of carbonyl (C=O) groups excluding carboxylic acids is 3. The maximum atomic E-state index is 13.3. The highest BCUT2D eigenvalue weighted by Crippen LogP contribution is 2.30. The number of anilines is 1. The third-order valence-corrected chi connectivity index (χ3v) is 6.69. The van der Waals surface area contributed by atoms with Crippen LogP contribution in [0.2, 0.25) is 0 Å². The third kappa shape index (κ3) is 6.23. The Morgan fingerprint density at radius 3 is 2.42 bits per heavy atom. The highest BCUT2D eigenvalue weighted by molar-refractivity contribution is 9.10. The molecule has 0 aliphatic carbocycles. The van der Waals surface area contributed by atoms with Crippen LogP contribution in [0.15, 0.2) is 87.8 Å². The number of barbiturate groups is 1. The molecule has 4 amide bonds. The molecule has 1 fully saturated rings. The van der Waals surface area contributed by atoms with Crippen LogP contribution in [0.3, 0.4) is 0 Å². The van der Waals surface area contributed by atoms with Crippen LogP contribution in [0.1, 0.15) is 23.6 Å². The number of halogens is 2. The van der Waals surface area contributed by atoms with Gasteiger partial charge in [-0.15, -0.1) is 6.58 Å². The molecule has 9 heteroatoms. The summed E-state index contributed by atoms with van der Waals surface area (Å²) in [5.74, 6) is -0.215. The summed E-state index contributed by atoms with van der Waals surface area (Å²) in [4.78, 5) is 39.5. The van der Waals surface area contributed by atoms with Gasteiger partial charge in [0, 0.05) is 14.5 Å². The zero-order chi connectivity index (χ0) is 27.2. The van der Waals surface area contributed by atoms with E-state index in [1.807, 2.05) is 37.3 Å². The van der Waals surface area contributed by atoms with Gasteiger partial charge in [0.15, 0.2) is 0 Å². The Kier molecular flexibility index (Phi) is 8.81. The van der Waals surface area contributed by atoms with Crippen molar-refractivity contribution in [1.29, 1.82) is 0 Å². The maximum absolute atomic E-state index is 13.3. The second-order valence-electron chi connectivity index (χ2n) is 8.26. The first-order chi connectivity index (χ1) is 18.3. The van der Waals surface area contributed by atoms with Crippen molar-refractivity contribution in [2.45, 2.75) is 20.0 Å². The topological polar surface area (TPSA) is 84.9 Å². The quantitative estimate of drug-likeness (QED) is 0.162. The summed E-state index contributed by atoms with van der Waals surface area (Å²) < 4.78 is 13.6. The number of hydrogen-bond acceptors (Lipinski definition) is 5. The molecule has 1 saturated heterocycles. The standard InChI is InChI=1S/C29H24Br2N2O5/c1-3-6-19-13-18(15-26(37-4-2)25(19)17-38-23-11-9-20(30)10-12-23)14-24-27(34)32-29(36)33(28(24)35)22-8-5-7-21(31)16-22/h3,5,7-16H,1,4,6,17H2,2H3,(H,32,34,36)/b24-14+. The largest absolute Gasteiger partial charge is 0.493 e. The molecule has 0 bridgehead atoms. The predicted molar refractivity (Wildman–Crippen MR) is 153 cm³/mol. The molecule has 1 aliphatic rings. The van der Waals surface area contributed by atoms with Crippen molar-refractivity contribution in [3.63, 3.8) is 0 Å². The monoisotopic (exact) mass is 638 g/mol. The van der Waals surface area contributed by atoms with Gasteiger partial charge in [0.1, 0.15) is 23.7 Å². The Balaban J connectivity index is 1.71. The number of rotatable bonds is 9. The summed E-state index contributed by atoms with van der Waals surface area (Å²) in [5, 5.41) is 2.25. The summed E-state index contributed by atoms with van der Waals surface area (Å²) >= 11 is 6.76. The van der Waals surface area contributed by atoms with Crippen LogP contribution in [-0.4, -0.2) is 24.5 Å². The summed E-state index contributed by atoms with van der Waals surface area (Å²) in [6.07, 6.45) is 3.74. The molecule has 7 nitrogen and oxygen atoms in total. The van der Waals surface area contributed by atoms with Gasteiger partial charge in [-0.05, 0) is 79.1 Å². The number of nitrogens with zero attached hydrogens (tertiary/aromatic N) is 1. The SMILES string of the molecule is C=CCc1cc(/C=C2\C(=O)NC(=O)N(c3cccc(Br)c3)C2=O)cc(OCC)c1COc1ccc(Br)cc1. The Morgan fingerprint density at radius 2 is 1.74 bits per heavy atom. The van der Waals surface area contributed by atoms with Crippen LogP contribution in [0.4, 0.5) is 10.5 Å². The molecule has 0 aromatic heterocycles. The summed E-state index contributed by atoms with van der Waals surface area (Å²) in [5.41, 5.74) is 2.44. The molecule has 0 unspecified atom stereocenters. The van der Waals surface area contributed by atoms with Crippen LogP contribution in [0.5, 0.6) is 11.5 Å². The number of allylic oxidation sites excluding steroid dienone is 1. The Labute approximate surface area is 237 Å². The molecule has 4 rings (SSSR count). The van der Waals surface area contributed by atoms with E-state index in [1.165, 1.54) is 6.08 Å². The number of imide groups is 2. The predicted octanol–water partition coefficient (Wildman–Crippen LogP) is 6.58. The van der Waals surface area contributed by atoms with E-state index < -0.39 is 17.8 Å². The van der Waals surface area contributed by atoms with Gasteiger partial charge < -0.3 is 9.47 Å². The Bertz CT molecular complexity index is 1430.